The predicted molar refractivity (Wildman–Crippen MR) is 135 cm³/mol. The first-order chi connectivity index (χ1) is 16.6. The van der Waals surface area contributed by atoms with Gasteiger partial charge in [-0.1, -0.05) is 6.92 Å². The molecule has 0 N–H and O–H groups in total. The number of rotatable bonds is 5. The molecule has 5 nitrogen and oxygen atoms in total. The quantitative estimate of drug-likeness (QED) is 0.354. The average Bonchev–Trinajstić information content (AvgIpc) is 3.59. The van der Waals surface area contributed by atoms with Crippen LogP contribution in [-0.4, -0.2) is 0 Å². The van der Waals surface area contributed by atoms with Crippen molar-refractivity contribution >= 4 is 46.5 Å². The average molecular weight is 479 g/mol. The molecule has 0 radical (unpaired) electrons. The Labute approximate surface area is 206 Å². The van der Waals surface area contributed by atoms with Gasteiger partial charge in [0, 0.05) is 25.6 Å². The molecular weight excluding hydrogens is 460 g/mol. The van der Waals surface area contributed by atoms with Crippen LogP contribution in [0, 0.1) is 51.2 Å². The van der Waals surface area contributed by atoms with Crippen LogP contribution in [0.4, 0.5) is 0 Å². The molecular formula is C27H18N4OS2. The smallest absolute Gasteiger partial charge is 0.133 e. The molecule has 0 spiro atoms. The van der Waals surface area contributed by atoms with Crippen molar-refractivity contribution in [1.29, 1.82) is 21.0 Å². The second-order valence-electron chi connectivity index (χ2n) is 7.71. The molecule has 1 atom stereocenters. The van der Waals surface area contributed by atoms with E-state index in [4.69, 9.17) is 25.5 Å². The van der Waals surface area contributed by atoms with Crippen LogP contribution in [0.25, 0.3) is 33.6 Å². The van der Waals surface area contributed by atoms with E-state index in [-0.39, 0.29) is 11.1 Å². The summed E-state index contributed by atoms with van der Waals surface area (Å²) in [6.45, 7) is 2.17. The number of fused-ring (bicyclic) bond motifs is 1. The highest BCUT2D eigenvalue weighted by Crippen LogP contribution is 2.43. The molecule has 0 aliphatic heterocycles. The van der Waals surface area contributed by atoms with Gasteiger partial charge in [0.15, 0.2) is 0 Å². The molecule has 4 rings (SSSR count). The second kappa shape index (κ2) is 10.2. The zero-order chi connectivity index (χ0) is 24.1. The Kier molecular flexibility index (Phi) is 6.91. The normalized spacial score (nSPS) is 14.3. The number of nitrogens with zero attached hydrogens (tertiary/aromatic N) is 4. The van der Waals surface area contributed by atoms with Gasteiger partial charge in [0.25, 0.3) is 0 Å². The van der Waals surface area contributed by atoms with Crippen LogP contribution < -0.4 is 0 Å². The molecule has 1 aliphatic carbocycles. The van der Waals surface area contributed by atoms with Crippen LogP contribution in [0.3, 0.4) is 0 Å². The van der Waals surface area contributed by atoms with E-state index >= 15 is 0 Å². The van der Waals surface area contributed by atoms with E-state index in [2.05, 4.69) is 19.1 Å². The lowest BCUT2D eigenvalue weighted by Crippen LogP contribution is -2.01. The predicted octanol–water partition coefficient (Wildman–Crippen LogP) is 7.44. The Bertz CT molecular complexity index is 1470. The van der Waals surface area contributed by atoms with Crippen molar-refractivity contribution in [2.45, 2.75) is 26.2 Å². The minimum atomic E-state index is 0.00907. The Hall–Kier alpha value is -4.14. The summed E-state index contributed by atoms with van der Waals surface area (Å²) in [6.07, 6.45) is 8.25. The summed E-state index contributed by atoms with van der Waals surface area (Å²) in [7, 11) is 0. The van der Waals surface area contributed by atoms with Crippen molar-refractivity contribution < 1.29 is 4.42 Å². The van der Waals surface area contributed by atoms with E-state index in [1.165, 1.54) is 16.5 Å². The third-order valence-corrected chi connectivity index (χ3v) is 8.01. The van der Waals surface area contributed by atoms with Gasteiger partial charge in [0.05, 0.1) is 0 Å². The van der Waals surface area contributed by atoms with E-state index in [1.807, 2.05) is 42.5 Å². The summed E-state index contributed by atoms with van der Waals surface area (Å²) in [5.41, 5.74) is 2.54. The summed E-state index contributed by atoms with van der Waals surface area (Å²) in [4.78, 5) is 4.34. The number of allylic oxidation sites excluding steroid dienone is 3. The van der Waals surface area contributed by atoms with E-state index in [9.17, 15) is 0 Å². The maximum absolute atomic E-state index is 9.01. The van der Waals surface area contributed by atoms with Crippen LogP contribution in [-0.2, 0) is 6.42 Å². The van der Waals surface area contributed by atoms with Crippen LogP contribution in [0.1, 0.15) is 46.6 Å². The van der Waals surface area contributed by atoms with Gasteiger partial charge in [0.1, 0.15) is 46.9 Å². The molecule has 1 unspecified atom stereocenters. The Morgan fingerprint density at radius 1 is 0.971 bits per heavy atom. The lowest BCUT2D eigenvalue weighted by atomic mass is 9.91. The fourth-order valence-electron chi connectivity index (χ4n) is 3.93. The molecule has 34 heavy (non-hydrogen) atoms. The molecule has 164 valence electrons. The topological polar surface area (TPSA) is 108 Å². The van der Waals surface area contributed by atoms with Gasteiger partial charge in [-0.15, -0.1) is 22.7 Å². The molecule has 0 aromatic carbocycles. The third kappa shape index (κ3) is 4.78. The highest BCUT2D eigenvalue weighted by Gasteiger charge is 2.23. The summed E-state index contributed by atoms with van der Waals surface area (Å²) < 4.78 is 6.01. The zero-order valence-electron chi connectivity index (χ0n) is 18.3. The number of nitriles is 4. The van der Waals surface area contributed by atoms with Gasteiger partial charge < -0.3 is 4.42 Å². The minimum absolute atomic E-state index is 0.00907. The monoisotopic (exact) mass is 478 g/mol. The molecule has 3 aromatic rings. The second-order valence-corrected chi connectivity index (χ2v) is 9.91. The maximum atomic E-state index is 9.01. The molecule has 1 aliphatic rings. The number of furan rings is 1. The first-order valence-electron chi connectivity index (χ1n) is 10.7. The lowest BCUT2D eigenvalue weighted by molar-refractivity contribution is 0.517. The van der Waals surface area contributed by atoms with Crippen molar-refractivity contribution in [2.24, 2.45) is 5.92 Å². The highest BCUT2D eigenvalue weighted by atomic mass is 32.1. The SMILES string of the molecule is CCC1CCc2cc(-c3ccc(C=C(C#N)C#N)s3)sc2C=C1c1ccc(C=C(C#N)C#N)o1. The van der Waals surface area contributed by atoms with E-state index in [0.29, 0.717) is 11.7 Å². The number of hydrogen-bond donors (Lipinski definition) is 0. The van der Waals surface area contributed by atoms with Crippen LogP contribution in [0.2, 0.25) is 0 Å². The fraction of sp³-hybridized carbons (Fsp3) is 0.185. The van der Waals surface area contributed by atoms with Crippen molar-refractivity contribution in [2.75, 3.05) is 0 Å². The molecule has 0 fully saturated rings. The molecule has 0 bridgehead atoms. The molecule has 3 aromatic heterocycles. The fourth-order valence-corrected chi connectivity index (χ4v) is 6.13. The van der Waals surface area contributed by atoms with E-state index in [0.717, 1.165) is 45.2 Å². The van der Waals surface area contributed by atoms with Gasteiger partial charge in [-0.2, -0.15) is 21.0 Å². The molecule has 0 amide bonds. The van der Waals surface area contributed by atoms with E-state index in [1.54, 1.807) is 34.8 Å². The van der Waals surface area contributed by atoms with Crippen LogP contribution in [0.15, 0.2) is 45.9 Å². The molecule has 3 heterocycles. The molecule has 0 saturated heterocycles. The largest absolute Gasteiger partial charge is 0.457 e. The van der Waals surface area contributed by atoms with Gasteiger partial charge in [-0.3, -0.25) is 0 Å². The Morgan fingerprint density at radius 2 is 1.71 bits per heavy atom. The summed E-state index contributed by atoms with van der Waals surface area (Å²) >= 11 is 3.29. The maximum Gasteiger partial charge on any atom is 0.133 e. The lowest BCUT2D eigenvalue weighted by Gasteiger charge is -2.15. The highest BCUT2D eigenvalue weighted by molar-refractivity contribution is 7.23. The van der Waals surface area contributed by atoms with Gasteiger partial charge in [-0.05, 0) is 78.8 Å². The summed E-state index contributed by atoms with van der Waals surface area (Å²) in [6, 6.07) is 17.4. The van der Waals surface area contributed by atoms with Gasteiger partial charge >= 0.3 is 0 Å². The molecule has 7 heteroatoms. The van der Waals surface area contributed by atoms with Crippen molar-refractivity contribution in [3.63, 3.8) is 0 Å². The first kappa shape index (κ1) is 23.0. The number of aryl methyl sites for hydroxylation is 1. The van der Waals surface area contributed by atoms with Gasteiger partial charge in [0.2, 0.25) is 0 Å². The molecule has 0 saturated carbocycles. The standard InChI is InChI=1S/C27H18N4OS2/c1-2-19-3-4-20-11-27(25-8-6-22(33-25)10-18(15-30)16-31)34-26(20)12-23(19)24-7-5-21(32-24)9-17(13-28)14-29/h5-12,19H,2-4H2,1H3. The van der Waals surface area contributed by atoms with Crippen LogP contribution >= 0.6 is 22.7 Å². The van der Waals surface area contributed by atoms with Crippen LogP contribution in [0.5, 0.6) is 0 Å². The Morgan fingerprint density at radius 3 is 2.41 bits per heavy atom. The first-order valence-corrected chi connectivity index (χ1v) is 12.3. The summed E-state index contributed by atoms with van der Waals surface area (Å²) in [5.74, 6) is 1.61. The third-order valence-electron chi connectivity index (χ3n) is 5.66. The number of thiophene rings is 2. The summed E-state index contributed by atoms with van der Waals surface area (Å²) in [5, 5.41) is 36.0. The van der Waals surface area contributed by atoms with Gasteiger partial charge in [-0.25, -0.2) is 0 Å². The zero-order valence-corrected chi connectivity index (χ0v) is 20.0. The van der Waals surface area contributed by atoms with E-state index < -0.39 is 0 Å². The van der Waals surface area contributed by atoms with Crippen molar-refractivity contribution in [1.82, 2.24) is 0 Å². The Balaban J connectivity index is 1.69. The minimum Gasteiger partial charge on any atom is -0.457 e. The van der Waals surface area contributed by atoms with Crippen molar-refractivity contribution in [3.8, 4) is 34.0 Å². The number of hydrogen-bond acceptors (Lipinski definition) is 7. The van der Waals surface area contributed by atoms with Crippen molar-refractivity contribution in [3.05, 3.63) is 68.3 Å².